The summed E-state index contributed by atoms with van der Waals surface area (Å²) in [5.74, 6) is -0.998. The molecule has 0 bridgehead atoms. The van der Waals surface area contributed by atoms with Gasteiger partial charge in [-0.2, -0.15) is 18.4 Å². The van der Waals surface area contributed by atoms with Crippen molar-refractivity contribution in [3.8, 4) is 6.07 Å². The standard InChI is InChI=1S/C20H17F3N4O2/c21-20(22,23)16-9-15(27-19(29)13-4-5-13)6-7-17(16)25-11-18(28)26-14-3-1-2-12(8-14)10-24/h1-3,6-9,13,25H,4-5,11H2,(H,26,28)(H,27,29). The average Bonchev–Trinajstić information content (AvgIpc) is 3.51. The van der Waals surface area contributed by atoms with Crippen molar-refractivity contribution in [2.75, 3.05) is 22.5 Å². The van der Waals surface area contributed by atoms with Crippen molar-refractivity contribution in [2.24, 2.45) is 5.92 Å². The molecule has 0 spiro atoms. The number of amides is 2. The second-order valence-corrected chi connectivity index (χ2v) is 6.62. The van der Waals surface area contributed by atoms with Gasteiger partial charge in [0.25, 0.3) is 0 Å². The molecule has 6 nitrogen and oxygen atoms in total. The molecule has 9 heteroatoms. The summed E-state index contributed by atoms with van der Waals surface area (Å²) < 4.78 is 40.2. The maximum atomic E-state index is 13.4. The Morgan fingerprint density at radius 1 is 1.07 bits per heavy atom. The van der Waals surface area contributed by atoms with Crippen LogP contribution in [0.3, 0.4) is 0 Å². The third-order valence-corrected chi connectivity index (χ3v) is 4.26. The highest BCUT2D eigenvalue weighted by Gasteiger charge is 2.35. The van der Waals surface area contributed by atoms with Gasteiger partial charge in [0.05, 0.1) is 23.7 Å². The number of hydrogen-bond acceptors (Lipinski definition) is 4. The molecule has 2 aromatic rings. The SMILES string of the molecule is N#Cc1cccc(NC(=O)CNc2ccc(NC(=O)C3CC3)cc2C(F)(F)F)c1. The van der Waals surface area contributed by atoms with Gasteiger partial charge in [-0.3, -0.25) is 9.59 Å². The lowest BCUT2D eigenvalue weighted by atomic mass is 10.1. The zero-order valence-corrected chi connectivity index (χ0v) is 15.1. The molecule has 29 heavy (non-hydrogen) atoms. The van der Waals surface area contributed by atoms with Crippen LogP contribution in [-0.2, 0) is 15.8 Å². The zero-order chi connectivity index (χ0) is 21.0. The second kappa shape index (κ2) is 8.22. The number of carbonyl (C=O) groups excluding carboxylic acids is 2. The van der Waals surface area contributed by atoms with Gasteiger partial charge in [0, 0.05) is 23.0 Å². The number of nitriles is 1. The smallest absolute Gasteiger partial charge is 0.376 e. The summed E-state index contributed by atoms with van der Waals surface area (Å²) >= 11 is 0. The lowest BCUT2D eigenvalue weighted by molar-refractivity contribution is -0.137. The Kier molecular flexibility index (Phi) is 5.73. The van der Waals surface area contributed by atoms with E-state index in [4.69, 9.17) is 5.26 Å². The fourth-order valence-electron chi connectivity index (χ4n) is 2.65. The minimum atomic E-state index is -4.67. The molecule has 1 aliphatic rings. The monoisotopic (exact) mass is 402 g/mol. The molecule has 3 rings (SSSR count). The molecule has 2 amide bonds. The summed E-state index contributed by atoms with van der Waals surface area (Å²) in [6, 6.07) is 11.5. The maximum absolute atomic E-state index is 13.4. The highest BCUT2D eigenvalue weighted by molar-refractivity contribution is 5.95. The Hall–Kier alpha value is -3.54. The van der Waals surface area contributed by atoms with E-state index in [0.29, 0.717) is 11.3 Å². The topological polar surface area (TPSA) is 94.0 Å². The molecule has 0 atom stereocenters. The molecule has 0 unspecified atom stereocenters. The van der Waals surface area contributed by atoms with Gasteiger partial charge in [-0.25, -0.2) is 0 Å². The molecular formula is C20H17F3N4O2. The number of hydrogen-bond donors (Lipinski definition) is 3. The van der Waals surface area contributed by atoms with Gasteiger partial charge >= 0.3 is 6.18 Å². The fourth-order valence-corrected chi connectivity index (χ4v) is 2.65. The molecule has 1 aliphatic carbocycles. The van der Waals surface area contributed by atoms with E-state index in [0.717, 1.165) is 18.9 Å². The van der Waals surface area contributed by atoms with Gasteiger partial charge in [0.2, 0.25) is 11.8 Å². The zero-order valence-electron chi connectivity index (χ0n) is 15.1. The minimum Gasteiger partial charge on any atom is -0.376 e. The first-order valence-electron chi connectivity index (χ1n) is 8.82. The van der Waals surface area contributed by atoms with E-state index in [1.54, 1.807) is 18.2 Å². The van der Waals surface area contributed by atoms with Gasteiger partial charge in [-0.05, 0) is 49.2 Å². The van der Waals surface area contributed by atoms with Crippen LogP contribution in [-0.4, -0.2) is 18.4 Å². The summed E-state index contributed by atoms with van der Waals surface area (Å²) in [7, 11) is 0. The van der Waals surface area contributed by atoms with E-state index in [9.17, 15) is 22.8 Å². The summed E-state index contributed by atoms with van der Waals surface area (Å²) in [5, 5.41) is 16.3. The Morgan fingerprint density at radius 3 is 2.45 bits per heavy atom. The highest BCUT2D eigenvalue weighted by atomic mass is 19.4. The predicted octanol–water partition coefficient (Wildman–Crippen LogP) is 3.98. The van der Waals surface area contributed by atoms with Crippen molar-refractivity contribution in [1.29, 1.82) is 5.26 Å². The number of anilines is 3. The molecule has 0 aromatic heterocycles. The minimum absolute atomic E-state index is 0.0533. The van der Waals surface area contributed by atoms with E-state index < -0.39 is 24.2 Å². The number of alkyl halides is 3. The number of halogens is 3. The van der Waals surface area contributed by atoms with Crippen molar-refractivity contribution in [3.05, 3.63) is 53.6 Å². The summed E-state index contributed by atoms with van der Waals surface area (Å²) in [6.45, 7) is -0.409. The van der Waals surface area contributed by atoms with Crippen LogP contribution in [0.4, 0.5) is 30.2 Å². The average molecular weight is 402 g/mol. The summed E-state index contributed by atoms with van der Waals surface area (Å²) in [5.41, 5.74) is -0.491. The van der Waals surface area contributed by atoms with Crippen molar-refractivity contribution in [2.45, 2.75) is 19.0 Å². The molecular weight excluding hydrogens is 385 g/mol. The number of nitrogens with zero attached hydrogens (tertiary/aromatic N) is 1. The number of carbonyl (C=O) groups is 2. The molecule has 0 radical (unpaired) electrons. The van der Waals surface area contributed by atoms with E-state index in [-0.39, 0.29) is 23.2 Å². The third-order valence-electron chi connectivity index (χ3n) is 4.26. The number of nitrogens with one attached hydrogen (secondary N) is 3. The Balaban J connectivity index is 1.67. The predicted molar refractivity (Wildman–Crippen MR) is 101 cm³/mol. The van der Waals surface area contributed by atoms with Crippen LogP contribution in [0.1, 0.15) is 24.0 Å². The van der Waals surface area contributed by atoms with Crippen LogP contribution in [0.25, 0.3) is 0 Å². The second-order valence-electron chi connectivity index (χ2n) is 6.62. The van der Waals surface area contributed by atoms with Crippen molar-refractivity contribution in [3.63, 3.8) is 0 Å². The third kappa shape index (κ3) is 5.48. The first-order valence-corrected chi connectivity index (χ1v) is 8.82. The highest BCUT2D eigenvalue weighted by Crippen LogP contribution is 2.37. The van der Waals surface area contributed by atoms with Gasteiger partial charge in [-0.15, -0.1) is 0 Å². The molecule has 0 aliphatic heterocycles. The van der Waals surface area contributed by atoms with Crippen LogP contribution in [0.2, 0.25) is 0 Å². The molecule has 1 fully saturated rings. The summed E-state index contributed by atoms with van der Waals surface area (Å²) in [6.07, 6.45) is -3.19. The molecule has 2 aromatic carbocycles. The normalized spacial score (nSPS) is 13.3. The quantitative estimate of drug-likeness (QED) is 0.681. The van der Waals surface area contributed by atoms with Gasteiger partial charge < -0.3 is 16.0 Å². The van der Waals surface area contributed by atoms with Crippen LogP contribution in [0.5, 0.6) is 0 Å². The molecule has 0 saturated heterocycles. The molecule has 0 heterocycles. The largest absolute Gasteiger partial charge is 0.418 e. The van der Waals surface area contributed by atoms with Gasteiger partial charge in [-0.1, -0.05) is 6.07 Å². The van der Waals surface area contributed by atoms with Crippen LogP contribution >= 0.6 is 0 Å². The number of rotatable bonds is 6. The summed E-state index contributed by atoms with van der Waals surface area (Å²) in [4.78, 5) is 23.8. The number of benzene rings is 2. The maximum Gasteiger partial charge on any atom is 0.418 e. The van der Waals surface area contributed by atoms with Crippen molar-refractivity contribution < 1.29 is 22.8 Å². The molecule has 3 N–H and O–H groups in total. The first-order chi connectivity index (χ1) is 13.8. The lowest BCUT2D eigenvalue weighted by Crippen LogP contribution is -2.23. The van der Waals surface area contributed by atoms with E-state index in [1.165, 1.54) is 18.2 Å². The van der Waals surface area contributed by atoms with Crippen LogP contribution in [0.15, 0.2) is 42.5 Å². The van der Waals surface area contributed by atoms with E-state index in [2.05, 4.69) is 16.0 Å². The van der Waals surface area contributed by atoms with Gasteiger partial charge in [0.15, 0.2) is 0 Å². The van der Waals surface area contributed by atoms with Crippen LogP contribution < -0.4 is 16.0 Å². The first kappa shape index (κ1) is 20.2. The van der Waals surface area contributed by atoms with Crippen LogP contribution in [0, 0.1) is 17.2 Å². The Morgan fingerprint density at radius 2 is 1.79 bits per heavy atom. The Labute approximate surface area is 164 Å². The van der Waals surface area contributed by atoms with Gasteiger partial charge in [0.1, 0.15) is 0 Å². The fraction of sp³-hybridized carbons (Fsp3) is 0.250. The molecule has 150 valence electrons. The molecule has 1 saturated carbocycles. The lowest BCUT2D eigenvalue weighted by Gasteiger charge is -2.16. The van der Waals surface area contributed by atoms with Crippen molar-refractivity contribution in [1.82, 2.24) is 0 Å². The van der Waals surface area contributed by atoms with E-state index in [1.807, 2.05) is 6.07 Å². The Bertz CT molecular complexity index is 978. The van der Waals surface area contributed by atoms with Crippen molar-refractivity contribution >= 4 is 28.9 Å². The van der Waals surface area contributed by atoms with E-state index >= 15 is 0 Å².